The molecule has 2 aromatic rings. The molecule has 5 unspecified atom stereocenters. The molecule has 0 saturated carbocycles. The molecule has 1 aromatic carbocycles. The second-order valence-electron chi connectivity index (χ2n) is 7.46. The van der Waals surface area contributed by atoms with Gasteiger partial charge in [-0.05, 0) is 30.0 Å². The summed E-state index contributed by atoms with van der Waals surface area (Å²) in [5.74, 6) is 1.68. The standard InChI is InChI=1S/C19H24N2O.H2O4S/c1-2-13-12-21-10-8-14(13)11-18(21)19(22)16-7-9-20-17-6-4-3-5-15(16)17;1-5(2,3)4/h3-7,9,13-14,18-19,22H,2,8,10-12H2,1H3;(H2,1,2,3,4). The molecule has 3 fully saturated rings. The van der Waals surface area contributed by atoms with Gasteiger partial charge in [-0.15, -0.1) is 0 Å². The van der Waals surface area contributed by atoms with Crippen LogP contribution in [0.4, 0.5) is 0 Å². The number of aliphatic hydroxyl groups is 1. The zero-order chi connectivity index (χ0) is 19.6. The van der Waals surface area contributed by atoms with Crippen molar-refractivity contribution in [3.8, 4) is 0 Å². The molecule has 8 heteroatoms. The number of hydrogen-bond donors (Lipinski definition) is 3. The summed E-state index contributed by atoms with van der Waals surface area (Å²) in [4.78, 5) is 6.04. The van der Waals surface area contributed by atoms with E-state index in [0.29, 0.717) is 6.04 Å². The molecule has 2 bridgehead atoms. The number of quaternary nitrogens is 1. The van der Waals surface area contributed by atoms with Gasteiger partial charge in [0.2, 0.25) is 10.4 Å². The number of benzene rings is 1. The Labute approximate surface area is 159 Å². The number of nitrogens with zero attached hydrogens (tertiary/aromatic N) is 1. The van der Waals surface area contributed by atoms with Gasteiger partial charge in [-0.3, -0.25) is 9.54 Å². The quantitative estimate of drug-likeness (QED) is 0.528. The molecule has 5 atom stereocenters. The number of aromatic nitrogens is 1. The summed E-state index contributed by atoms with van der Waals surface area (Å²) >= 11 is 0. The van der Waals surface area contributed by atoms with Crippen LogP contribution in [0.2, 0.25) is 0 Å². The molecular weight excluding hydrogens is 368 g/mol. The van der Waals surface area contributed by atoms with E-state index >= 15 is 0 Å². The predicted octanol–water partition coefficient (Wildman–Crippen LogP) is 0.976. The summed E-state index contributed by atoms with van der Waals surface area (Å²) in [6.45, 7) is 4.78. The molecule has 3 saturated heterocycles. The summed E-state index contributed by atoms with van der Waals surface area (Å²) in [6.07, 6.45) is 5.26. The monoisotopic (exact) mass is 394 g/mol. The number of hydrogen-bond acceptors (Lipinski definition) is 5. The van der Waals surface area contributed by atoms with Crippen LogP contribution in [0.5, 0.6) is 0 Å². The molecule has 27 heavy (non-hydrogen) atoms. The lowest BCUT2D eigenvalue weighted by Crippen LogP contribution is -3.20. The topological polar surface area (TPSA) is 115 Å². The zero-order valence-corrected chi connectivity index (χ0v) is 16.1. The van der Waals surface area contributed by atoms with Gasteiger partial charge in [0.25, 0.3) is 0 Å². The van der Waals surface area contributed by atoms with Crippen molar-refractivity contribution in [2.24, 2.45) is 11.8 Å². The van der Waals surface area contributed by atoms with Gasteiger partial charge < -0.3 is 14.6 Å². The maximum absolute atomic E-state index is 11.1. The Hall–Kier alpha value is -1.58. The second kappa shape index (κ2) is 8.20. The van der Waals surface area contributed by atoms with Crippen molar-refractivity contribution in [3.05, 3.63) is 42.1 Å². The van der Waals surface area contributed by atoms with Crippen molar-refractivity contribution in [2.45, 2.75) is 38.3 Å². The average molecular weight is 394 g/mol. The number of piperidine rings is 3. The van der Waals surface area contributed by atoms with Gasteiger partial charge in [0.1, 0.15) is 12.1 Å². The number of para-hydroxylation sites is 1. The molecule has 1 aromatic heterocycles. The Kier molecular flexibility index (Phi) is 6.12. The number of rotatable bonds is 3. The molecule has 148 valence electrons. The first-order valence-electron chi connectivity index (χ1n) is 9.32. The smallest absolute Gasteiger partial charge is 0.215 e. The van der Waals surface area contributed by atoms with Crippen LogP contribution >= 0.6 is 0 Å². The van der Waals surface area contributed by atoms with E-state index in [1.807, 2.05) is 30.5 Å². The Morgan fingerprint density at radius 1 is 1.33 bits per heavy atom. The normalized spacial score (nSPS) is 28.4. The minimum atomic E-state index is -4.92. The van der Waals surface area contributed by atoms with E-state index in [1.165, 1.54) is 32.4 Å². The number of aliphatic hydroxyl groups excluding tert-OH is 1. The van der Waals surface area contributed by atoms with E-state index < -0.39 is 10.4 Å². The van der Waals surface area contributed by atoms with Crippen LogP contribution in [-0.4, -0.2) is 46.7 Å². The van der Waals surface area contributed by atoms with Crippen LogP contribution in [-0.2, 0) is 10.4 Å². The average Bonchev–Trinajstić information content (AvgIpc) is 2.66. The van der Waals surface area contributed by atoms with Crippen LogP contribution in [0.1, 0.15) is 37.9 Å². The summed E-state index contributed by atoms with van der Waals surface area (Å²) in [6, 6.07) is 10.5. The molecule has 3 N–H and O–H groups in total. The van der Waals surface area contributed by atoms with Crippen LogP contribution in [0, 0.1) is 11.8 Å². The maximum Gasteiger partial charge on any atom is 0.215 e. The van der Waals surface area contributed by atoms with Gasteiger partial charge in [0.05, 0.1) is 18.6 Å². The number of fused-ring (bicyclic) bond motifs is 4. The van der Waals surface area contributed by atoms with E-state index in [4.69, 9.17) is 17.5 Å². The van der Waals surface area contributed by atoms with Gasteiger partial charge in [-0.25, -0.2) is 8.42 Å². The Balaban J connectivity index is 0.000000376. The van der Waals surface area contributed by atoms with Crippen molar-refractivity contribution in [2.75, 3.05) is 13.1 Å². The van der Waals surface area contributed by atoms with Gasteiger partial charge in [0.15, 0.2) is 0 Å². The maximum atomic E-state index is 11.1. The summed E-state index contributed by atoms with van der Waals surface area (Å²) in [5.41, 5.74) is 2.04. The minimum Gasteiger partial charge on any atom is -0.726 e. The Bertz CT molecular complexity index is 875. The molecule has 5 rings (SSSR count). The van der Waals surface area contributed by atoms with Crippen molar-refractivity contribution < 1.29 is 27.5 Å². The number of pyridine rings is 1. The highest BCUT2D eigenvalue weighted by molar-refractivity contribution is 7.79. The number of nitrogens with one attached hydrogen (secondary N) is 1. The SMILES string of the molecule is CCC1C[NH+]2CCC1CC2C(O)c1ccnc2ccccc12.O=S(=O)([O-])O. The van der Waals surface area contributed by atoms with E-state index in [2.05, 4.69) is 18.0 Å². The largest absolute Gasteiger partial charge is 0.726 e. The van der Waals surface area contributed by atoms with Crippen molar-refractivity contribution in [1.82, 2.24) is 4.98 Å². The third kappa shape index (κ3) is 4.83. The Morgan fingerprint density at radius 3 is 2.67 bits per heavy atom. The predicted molar refractivity (Wildman–Crippen MR) is 100 cm³/mol. The fraction of sp³-hybridized carbons (Fsp3) is 0.526. The highest BCUT2D eigenvalue weighted by atomic mass is 32.3. The first-order chi connectivity index (χ1) is 12.8. The van der Waals surface area contributed by atoms with Gasteiger partial charge in [-0.2, -0.15) is 0 Å². The lowest BCUT2D eigenvalue weighted by molar-refractivity contribution is -0.950. The van der Waals surface area contributed by atoms with Crippen LogP contribution in [0.15, 0.2) is 36.5 Å². The third-order valence-electron chi connectivity index (χ3n) is 6.02. The molecule has 3 aliphatic rings. The highest BCUT2D eigenvalue weighted by Crippen LogP contribution is 2.34. The summed E-state index contributed by atoms with van der Waals surface area (Å²) in [7, 11) is -4.92. The molecule has 0 amide bonds. The van der Waals surface area contributed by atoms with Crippen LogP contribution in [0.3, 0.4) is 0 Å². The first kappa shape index (κ1) is 20.2. The van der Waals surface area contributed by atoms with Crippen LogP contribution < -0.4 is 4.90 Å². The summed E-state index contributed by atoms with van der Waals surface area (Å²) < 4.78 is 32.8. The minimum absolute atomic E-state index is 0.354. The van der Waals surface area contributed by atoms with Gasteiger partial charge in [-0.1, -0.05) is 25.1 Å². The molecule has 0 spiro atoms. The van der Waals surface area contributed by atoms with E-state index in [1.54, 1.807) is 4.90 Å². The van der Waals surface area contributed by atoms with Crippen molar-refractivity contribution in [1.29, 1.82) is 0 Å². The molecule has 0 aliphatic carbocycles. The van der Waals surface area contributed by atoms with Crippen molar-refractivity contribution in [3.63, 3.8) is 0 Å². The van der Waals surface area contributed by atoms with E-state index in [-0.39, 0.29) is 6.10 Å². The van der Waals surface area contributed by atoms with E-state index in [9.17, 15) is 5.11 Å². The van der Waals surface area contributed by atoms with Crippen LogP contribution in [0.25, 0.3) is 10.9 Å². The van der Waals surface area contributed by atoms with Gasteiger partial charge in [0, 0.05) is 30.3 Å². The van der Waals surface area contributed by atoms with Gasteiger partial charge >= 0.3 is 0 Å². The highest BCUT2D eigenvalue weighted by Gasteiger charge is 2.46. The summed E-state index contributed by atoms with van der Waals surface area (Å²) in [5, 5.41) is 12.2. The second-order valence-corrected chi connectivity index (χ2v) is 8.32. The molecule has 4 heterocycles. The molecule has 0 radical (unpaired) electrons. The fourth-order valence-electron chi connectivity index (χ4n) is 4.77. The molecule has 3 aliphatic heterocycles. The first-order valence-corrected chi connectivity index (χ1v) is 10.7. The fourth-order valence-corrected chi connectivity index (χ4v) is 4.77. The Morgan fingerprint density at radius 2 is 2.04 bits per heavy atom. The van der Waals surface area contributed by atoms with Crippen molar-refractivity contribution >= 4 is 21.3 Å². The molecule has 7 nitrogen and oxygen atoms in total. The lowest BCUT2D eigenvalue weighted by Gasteiger charge is -2.48. The molecular formula is C19H26N2O5S. The van der Waals surface area contributed by atoms with E-state index in [0.717, 1.165) is 28.3 Å². The third-order valence-corrected chi connectivity index (χ3v) is 6.02. The lowest BCUT2D eigenvalue weighted by atomic mass is 9.72. The zero-order valence-electron chi connectivity index (χ0n) is 15.3.